The summed E-state index contributed by atoms with van der Waals surface area (Å²) in [7, 11) is 0. The van der Waals surface area contributed by atoms with E-state index in [9.17, 15) is 27.6 Å². The van der Waals surface area contributed by atoms with E-state index >= 15 is 8.78 Å². The standard InChI is InChI=1S/C34H42F5N3O5/c1-17(2)27(43)26-18(3)25-16-42(26)30(44)28(32(4,5)6)41-31(45)47-24-14-20(24)9-7-8-12-33(35,36)22-13-19-10-11-21(34(37,38)39)15-23(19)40-29(22)46-25/h10-11,13,15,17-18,20,24-26,28H,7-9,12,14,16H2,1-6H3,(H,41,45). The van der Waals surface area contributed by atoms with E-state index in [4.69, 9.17) is 9.47 Å². The second-order valence-electron chi connectivity index (χ2n) is 14.6. The number of nitrogens with zero attached hydrogens (tertiary/aromatic N) is 2. The van der Waals surface area contributed by atoms with Gasteiger partial charge in [0.15, 0.2) is 5.78 Å². The monoisotopic (exact) mass is 667 g/mol. The van der Waals surface area contributed by atoms with Gasteiger partial charge in [0.05, 0.1) is 29.2 Å². The number of amides is 2. The minimum Gasteiger partial charge on any atom is -0.472 e. The van der Waals surface area contributed by atoms with E-state index in [1.807, 2.05) is 0 Å². The summed E-state index contributed by atoms with van der Waals surface area (Å²) < 4.78 is 84.3. The summed E-state index contributed by atoms with van der Waals surface area (Å²) in [5, 5.41) is 2.80. The normalized spacial score (nSPS) is 28.8. The zero-order valence-corrected chi connectivity index (χ0v) is 27.4. The van der Waals surface area contributed by atoms with Gasteiger partial charge < -0.3 is 19.7 Å². The number of rotatable bonds is 2. The molecule has 8 nitrogen and oxygen atoms in total. The number of nitrogens with one attached hydrogen (secondary N) is 1. The van der Waals surface area contributed by atoms with Gasteiger partial charge in [-0.1, -0.05) is 54.0 Å². The van der Waals surface area contributed by atoms with Crippen molar-refractivity contribution in [3.05, 3.63) is 35.4 Å². The highest BCUT2D eigenvalue weighted by molar-refractivity contribution is 5.94. The number of pyridine rings is 1. The quantitative estimate of drug-likeness (QED) is 0.339. The number of hydrogen-bond acceptors (Lipinski definition) is 6. The van der Waals surface area contributed by atoms with Crippen LogP contribution in [0.25, 0.3) is 10.9 Å². The smallest absolute Gasteiger partial charge is 0.416 e. The Hall–Kier alpha value is -3.51. The van der Waals surface area contributed by atoms with Crippen LogP contribution in [-0.4, -0.2) is 58.5 Å². The molecule has 6 unspecified atom stereocenters. The van der Waals surface area contributed by atoms with E-state index in [2.05, 4.69) is 10.3 Å². The summed E-state index contributed by atoms with van der Waals surface area (Å²) in [6, 6.07) is 1.71. The third-order valence-electron chi connectivity index (χ3n) is 9.51. The molecule has 2 bridgehead atoms. The van der Waals surface area contributed by atoms with Crippen LogP contribution in [0, 0.1) is 23.2 Å². The molecular weight excluding hydrogens is 625 g/mol. The van der Waals surface area contributed by atoms with Crippen LogP contribution >= 0.6 is 0 Å². The predicted molar refractivity (Wildman–Crippen MR) is 163 cm³/mol. The van der Waals surface area contributed by atoms with Gasteiger partial charge in [0.1, 0.15) is 18.2 Å². The fraction of sp³-hybridized carbons (Fsp3) is 0.647. The van der Waals surface area contributed by atoms with Crippen molar-refractivity contribution in [2.75, 3.05) is 6.54 Å². The lowest BCUT2D eigenvalue weighted by Crippen LogP contribution is -2.57. The highest BCUT2D eigenvalue weighted by Gasteiger charge is 2.51. The zero-order valence-electron chi connectivity index (χ0n) is 27.4. The molecule has 13 heteroatoms. The molecule has 3 heterocycles. The summed E-state index contributed by atoms with van der Waals surface area (Å²) in [5.74, 6) is -6.05. The van der Waals surface area contributed by atoms with E-state index in [0.717, 1.165) is 24.3 Å². The lowest BCUT2D eigenvalue weighted by atomic mass is 9.85. The Morgan fingerprint density at radius 1 is 1.06 bits per heavy atom. The molecule has 3 aliphatic rings. The molecule has 258 valence electrons. The van der Waals surface area contributed by atoms with Crippen molar-refractivity contribution in [1.29, 1.82) is 0 Å². The van der Waals surface area contributed by atoms with Crippen LogP contribution in [-0.2, 0) is 26.4 Å². The molecular formula is C34H42F5N3O5. The lowest BCUT2D eigenvalue weighted by molar-refractivity contribution is -0.143. The maximum atomic E-state index is 16.0. The summed E-state index contributed by atoms with van der Waals surface area (Å²) in [6.45, 7) is 10.1. The Labute approximate surface area is 270 Å². The molecule has 1 aliphatic carbocycles. The third kappa shape index (κ3) is 7.33. The highest BCUT2D eigenvalue weighted by atomic mass is 19.4. The number of halogens is 5. The number of ketones is 1. The lowest BCUT2D eigenvalue weighted by Gasteiger charge is -2.35. The Bertz CT molecular complexity index is 1540. The Morgan fingerprint density at radius 2 is 1.77 bits per heavy atom. The summed E-state index contributed by atoms with van der Waals surface area (Å²) in [5.41, 5.74) is -2.54. The van der Waals surface area contributed by atoms with Crippen LogP contribution in [0.2, 0.25) is 0 Å². The summed E-state index contributed by atoms with van der Waals surface area (Å²) in [6.07, 6.45) is -5.72. The van der Waals surface area contributed by atoms with Gasteiger partial charge in [0.2, 0.25) is 11.8 Å². The molecule has 1 N–H and O–H groups in total. The number of hydrogen-bond donors (Lipinski definition) is 1. The van der Waals surface area contributed by atoms with Crippen LogP contribution in [0.1, 0.15) is 84.8 Å². The van der Waals surface area contributed by atoms with Crippen molar-refractivity contribution < 1.29 is 45.8 Å². The average molecular weight is 668 g/mol. The second kappa shape index (κ2) is 12.5. The van der Waals surface area contributed by atoms with Crippen molar-refractivity contribution in [2.24, 2.45) is 23.2 Å². The number of carbonyl (C=O) groups excluding carboxylic acids is 3. The van der Waals surface area contributed by atoms with Gasteiger partial charge in [-0.25, -0.2) is 18.6 Å². The number of benzene rings is 1. The molecule has 2 fully saturated rings. The first-order valence-corrected chi connectivity index (χ1v) is 16.2. The van der Waals surface area contributed by atoms with Gasteiger partial charge in [-0.3, -0.25) is 9.59 Å². The van der Waals surface area contributed by atoms with Crippen molar-refractivity contribution in [3.8, 4) is 5.88 Å². The van der Waals surface area contributed by atoms with E-state index in [1.165, 1.54) is 4.90 Å². The van der Waals surface area contributed by atoms with E-state index < -0.39 is 83.0 Å². The molecule has 1 aromatic carbocycles. The van der Waals surface area contributed by atoms with E-state index in [0.29, 0.717) is 19.3 Å². The van der Waals surface area contributed by atoms with Crippen LogP contribution in [0.3, 0.4) is 0 Å². The minimum atomic E-state index is -4.68. The average Bonchev–Trinajstić information content (AvgIpc) is 3.62. The van der Waals surface area contributed by atoms with Crippen LogP contribution in [0.5, 0.6) is 5.88 Å². The fourth-order valence-corrected chi connectivity index (χ4v) is 6.57. The van der Waals surface area contributed by atoms with Crippen molar-refractivity contribution in [2.45, 2.75) is 110 Å². The first-order chi connectivity index (χ1) is 21.8. The molecule has 0 spiro atoms. The molecule has 2 aromatic rings. The molecule has 2 amide bonds. The first-order valence-electron chi connectivity index (χ1n) is 16.2. The molecule has 47 heavy (non-hydrogen) atoms. The third-order valence-corrected chi connectivity index (χ3v) is 9.51. The Kier molecular flexibility index (Phi) is 9.26. The Morgan fingerprint density at radius 3 is 2.40 bits per heavy atom. The number of ether oxygens (including phenoxy) is 2. The molecule has 1 aromatic heterocycles. The van der Waals surface area contributed by atoms with E-state index in [-0.39, 0.29) is 41.7 Å². The summed E-state index contributed by atoms with van der Waals surface area (Å²) >= 11 is 0. The van der Waals surface area contributed by atoms with Gasteiger partial charge in [-0.05, 0) is 48.8 Å². The molecule has 1 saturated carbocycles. The number of aromatic nitrogens is 1. The number of carbonyl (C=O) groups is 3. The van der Waals surface area contributed by atoms with Gasteiger partial charge in [0.25, 0.3) is 5.92 Å². The molecule has 5 rings (SSSR count). The number of Topliss-reactive ketones (excluding diaryl/α,β-unsaturated/α-hetero) is 1. The summed E-state index contributed by atoms with van der Waals surface area (Å²) in [4.78, 5) is 46.3. The topological polar surface area (TPSA) is 97.8 Å². The first kappa shape index (κ1) is 34.8. The largest absolute Gasteiger partial charge is 0.472 e. The maximum absolute atomic E-state index is 16.0. The minimum absolute atomic E-state index is 0.00864. The highest BCUT2D eigenvalue weighted by Crippen LogP contribution is 2.44. The predicted octanol–water partition coefficient (Wildman–Crippen LogP) is 7.27. The zero-order chi connectivity index (χ0) is 34.6. The van der Waals surface area contributed by atoms with Crippen molar-refractivity contribution in [3.63, 3.8) is 0 Å². The number of alkyl halides is 5. The molecule has 0 radical (unpaired) electrons. The Balaban J connectivity index is 1.61. The van der Waals surface area contributed by atoms with Crippen LogP contribution in [0.15, 0.2) is 24.3 Å². The van der Waals surface area contributed by atoms with Crippen LogP contribution < -0.4 is 10.1 Å². The molecule has 6 atom stereocenters. The van der Waals surface area contributed by atoms with Crippen LogP contribution in [0.4, 0.5) is 26.7 Å². The molecule has 2 aliphatic heterocycles. The number of fused-ring (bicyclic) bond motifs is 5. The van der Waals surface area contributed by atoms with Gasteiger partial charge in [0, 0.05) is 23.6 Å². The molecule has 1 saturated heterocycles. The number of alkyl carbamates (subject to hydrolysis) is 1. The second-order valence-corrected chi connectivity index (χ2v) is 14.6. The maximum Gasteiger partial charge on any atom is 0.416 e. The SMILES string of the molecule is CC(C)C(=O)C1C(C)C2CN1C(=O)C(C(C)(C)C)NC(=O)OC1CC1CCCCC(F)(F)c1cc3ccc(C(F)(F)F)cc3nc1O2. The van der Waals surface area contributed by atoms with Gasteiger partial charge >= 0.3 is 12.3 Å². The van der Waals surface area contributed by atoms with Gasteiger partial charge in [-0.15, -0.1) is 0 Å². The van der Waals surface area contributed by atoms with E-state index in [1.54, 1.807) is 41.5 Å². The van der Waals surface area contributed by atoms with Gasteiger partial charge in [-0.2, -0.15) is 13.2 Å². The van der Waals surface area contributed by atoms with Crippen molar-refractivity contribution in [1.82, 2.24) is 15.2 Å². The fourth-order valence-electron chi connectivity index (χ4n) is 6.57. The van der Waals surface area contributed by atoms with Crippen molar-refractivity contribution >= 4 is 28.7 Å².